The van der Waals surface area contributed by atoms with E-state index in [0.29, 0.717) is 62.7 Å². The van der Waals surface area contributed by atoms with Crippen molar-refractivity contribution < 1.29 is 22.7 Å². The van der Waals surface area contributed by atoms with Crippen LogP contribution >= 0.6 is 11.6 Å². The molecule has 1 aromatic carbocycles. The molecule has 2 aliphatic rings. The van der Waals surface area contributed by atoms with Gasteiger partial charge in [-0.3, -0.25) is 9.59 Å². The first kappa shape index (κ1) is 26.8. The summed E-state index contributed by atoms with van der Waals surface area (Å²) >= 11 is 5.91. The molecule has 2 aliphatic heterocycles. The number of piperazine rings is 1. The van der Waals surface area contributed by atoms with E-state index >= 15 is 0 Å². The summed E-state index contributed by atoms with van der Waals surface area (Å²) in [6.45, 7) is 2.78. The Hall–Kier alpha value is -3.80. The van der Waals surface area contributed by atoms with E-state index in [4.69, 9.17) is 16.3 Å². The maximum absolute atomic E-state index is 13.9. The van der Waals surface area contributed by atoms with Gasteiger partial charge in [0, 0.05) is 51.0 Å². The molecular weight excluding hydrogens is 537 g/mol. The number of carbonyl (C=O) groups excluding carboxylic acids is 1. The number of nitrogens with zero attached hydrogens (tertiary/aromatic N) is 5. The van der Waals surface area contributed by atoms with Gasteiger partial charge in [0.1, 0.15) is 17.3 Å². The number of ether oxygens (including phenoxy) is 1. The van der Waals surface area contributed by atoms with Gasteiger partial charge >= 0.3 is 6.18 Å². The quantitative estimate of drug-likeness (QED) is 0.486. The highest BCUT2D eigenvalue weighted by atomic mass is 35.5. The fourth-order valence-electron chi connectivity index (χ4n) is 4.85. The maximum Gasteiger partial charge on any atom is 0.423 e. The molecule has 1 amide bonds. The van der Waals surface area contributed by atoms with E-state index in [2.05, 4.69) is 15.0 Å². The number of anilines is 2. The van der Waals surface area contributed by atoms with E-state index in [1.165, 1.54) is 17.0 Å². The molecule has 39 heavy (non-hydrogen) atoms. The van der Waals surface area contributed by atoms with Crippen LogP contribution in [0.2, 0.25) is 5.02 Å². The Kier molecular flexibility index (Phi) is 7.65. The van der Waals surface area contributed by atoms with Gasteiger partial charge in [-0.2, -0.15) is 13.2 Å². The van der Waals surface area contributed by atoms with Crippen LogP contribution in [0.15, 0.2) is 47.4 Å². The zero-order chi connectivity index (χ0) is 27.6. The third kappa shape index (κ3) is 5.95. The van der Waals surface area contributed by atoms with Gasteiger partial charge in [0.15, 0.2) is 5.56 Å². The van der Waals surface area contributed by atoms with Crippen LogP contribution in [0.25, 0.3) is 0 Å². The highest BCUT2D eigenvalue weighted by Gasteiger charge is 2.41. The molecule has 206 valence electrons. The fraction of sp³-hybridized carbons (Fsp3) is 0.385. The van der Waals surface area contributed by atoms with E-state index in [1.807, 2.05) is 11.2 Å². The Morgan fingerprint density at radius 1 is 0.974 bits per heavy atom. The topological polar surface area (TPSA) is 94.7 Å². The number of pyridine rings is 1. The van der Waals surface area contributed by atoms with E-state index in [-0.39, 0.29) is 23.2 Å². The number of alkyl halides is 3. The number of piperidine rings is 1. The van der Waals surface area contributed by atoms with Gasteiger partial charge in [-0.05, 0) is 49.6 Å². The minimum atomic E-state index is -4.90. The summed E-state index contributed by atoms with van der Waals surface area (Å²) in [4.78, 5) is 35.0. The van der Waals surface area contributed by atoms with Crippen LogP contribution in [0.4, 0.5) is 24.7 Å². The lowest BCUT2D eigenvalue weighted by Crippen LogP contribution is -2.49. The predicted molar refractivity (Wildman–Crippen MR) is 140 cm³/mol. The van der Waals surface area contributed by atoms with Crippen molar-refractivity contribution in [1.82, 2.24) is 20.1 Å². The Morgan fingerprint density at radius 2 is 1.72 bits per heavy atom. The first-order valence-electron chi connectivity index (χ1n) is 12.6. The average Bonchev–Trinajstić information content (AvgIpc) is 2.94. The number of benzene rings is 1. The summed E-state index contributed by atoms with van der Waals surface area (Å²) in [5, 5.41) is 6.27. The van der Waals surface area contributed by atoms with Crippen LogP contribution < -0.4 is 20.1 Å². The lowest BCUT2D eigenvalue weighted by molar-refractivity contribution is -0.138. The summed E-state index contributed by atoms with van der Waals surface area (Å²) in [6, 6.07) is 9.80. The summed E-state index contributed by atoms with van der Waals surface area (Å²) in [5.41, 5.74) is -2.72. The van der Waals surface area contributed by atoms with E-state index < -0.39 is 17.3 Å². The molecule has 0 bridgehead atoms. The first-order chi connectivity index (χ1) is 18.7. The number of carbonyl (C=O) groups is 1. The zero-order valence-electron chi connectivity index (χ0n) is 20.9. The minimum Gasteiger partial charge on any atom is -0.436 e. The number of amides is 1. The van der Waals surface area contributed by atoms with Gasteiger partial charge in [0.25, 0.3) is 17.3 Å². The molecule has 2 fully saturated rings. The lowest BCUT2D eigenvalue weighted by Gasteiger charge is -2.35. The molecule has 0 aliphatic carbocycles. The molecule has 2 aromatic heterocycles. The van der Waals surface area contributed by atoms with Crippen LogP contribution in [-0.4, -0.2) is 65.3 Å². The molecule has 3 aromatic rings. The van der Waals surface area contributed by atoms with Crippen molar-refractivity contribution in [2.24, 2.45) is 0 Å². The summed E-state index contributed by atoms with van der Waals surface area (Å²) < 4.78 is 47.6. The number of aromatic amines is 1. The Bertz CT molecular complexity index is 1380. The van der Waals surface area contributed by atoms with E-state index in [1.54, 1.807) is 29.3 Å². The minimum absolute atomic E-state index is 0.135. The Labute approximate surface area is 227 Å². The molecular formula is C26H26ClF3N6O3. The number of nitrogens with one attached hydrogen (secondary N) is 1. The second-order valence-corrected chi connectivity index (χ2v) is 9.81. The number of halogens is 4. The monoisotopic (exact) mass is 562 g/mol. The molecule has 1 N–H and O–H groups in total. The van der Waals surface area contributed by atoms with Crippen molar-refractivity contribution in [1.29, 1.82) is 0 Å². The molecule has 2 saturated heterocycles. The van der Waals surface area contributed by atoms with Crippen LogP contribution in [-0.2, 0) is 6.18 Å². The van der Waals surface area contributed by atoms with Crippen LogP contribution in [0, 0.1) is 0 Å². The SMILES string of the molecule is O=C(c1cccc(Oc2n[nH]c(=O)c(C(F)(F)F)c2N2CCCCC2)c1)N1CCN(c2ccc(Cl)cn2)CC1. The van der Waals surface area contributed by atoms with Gasteiger partial charge in [0.2, 0.25) is 0 Å². The van der Waals surface area contributed by atoms with E-state index in [9.17, 15) is 22.8 Å². The van der Waals surface area contributed by atoms with Gasteiger partial charge in [-0.15, -0.1) is 5.10 Å². The third-order valence-electron chi connectivity index (χ3n) is 6.78. The summed E-state index contributed by atoms with van der Waals surface area (Å²) in [6.07, 6.45) is -1.06. The third-order valence-corrected chi connectivity index (χ3v) is 7.00. The van der Waals surface area contributed by atoms with Gasteiger partial charge in [-0.25, -0.2) is 10.1 Å². The Morgan fingerprint density at radius 3 is 2.38 bits per heavy atom. The van der Waals surface area contributed by atoms with Crippen LogP contribution in [0.5, 0.6) is 11.6 Å². The second-order valence-electron chi connectivity index (χ2n) is 9.37. The maximum atomic E-state index is 13.9. The van der Waals surface area contributed by atoms with Crippen molar-refractivity contribution in [3.8, 4) is 11.6 Å². The van der Waals surface area contributed by atoms with Gasteiger partial charge in [0.05, 0.1) is 5.02 Å². The van der Waals surface area contributed by atoms with Crippen molar-refractivity contribution in [3.05, 3.63) is 69.1 Å². The number of hydrogen-bond donors (Lipinski definition) is 1. The molecule has 13 heteroatoms. The van der Waals surface area contributed by atoms with Crippen molar-refractivity contribution in [3.63, 3.8) is 0 Å². The van der Waals surface area contributed by atoms with Crippen molar-refractivity contribution >= 4 is 29.0 Å². The molecule has 0 spiro atoms. The smallest absolute Gasteiger partial charge is 0.423 e. The number of rotatable bonds is 5. The van der Waals surface area contributed by atoms with Crippen molar-refractivity contribution in [2.75, 3.05) is 49.1 Å². The molecule has 0 atom stereocenters. The second kappa shape index (κ2) is 11.1. The normalized spacial score (nSPS) is 16.4. The first-order valence-corrected chi connectivity index (χ1v) is 13.0. The number of aromatic nitrogens is 3. The molecule has 0 saturated carbocycles. The predicted octanol–water partition coefficient (Wildman–Crippen LogP) is 4.58. The number of H-pyrrole nitrogens is 1. The largest absolute Gasteiger partial charge is 0.436 e. The molecule has 0 radical (unpaired) electrons. The highest BCUT2D eigenvalue weighted by molar-refractivity contribution is 6.30. The fourth-order valence-corrected chi connectivity index (χ4v) is 4.96. The van der Waals surface area contributed by atoms with E-state index in [0.717, 1.165) is 12.2 Å². The van der Waals surface area contributed by atoms with Crippen molar-refractivity contribution in [2.45, 2.75) is 25.4 Å². The average molecular weight is 563 g/mol. The van der Waals surface area contributed by atoms with Crippen LogP contribution in [0.3, 0.4) is 0 Å². The zero-order valence-corrected chi connectivity index (χ0v) is 21.6. The lowest BCUT2D eigenvalue weighted by atomic mass is 10.1. The van der Waals surface area contributed by atoms with Gasteiger partial charge < -0.3 is 19.4 Å². The van der Waals surface area contributed by atoms with Crippen LogP contribution in [0.1, 0.15) is 35.2 Å². The molecule has 5 rings (SSSR count). The molecule has 4 heterocycles. The highest BCUT2D eigenvalue weighted by Crippen LogP contribution is 2.41. The number of hydrogen-bond acceptors (Lipinski definition) is 7. The van der Waals surface area contributed by atoms with Gasteiger partial charge in [-0.1, -0.05) is 17.7 Å². The molecule has 9 nitrogen and oxygen atoms in total. The summed E-state index contributed by atoms with van der Waals surface area (Å²) in [5.74, 6) is 0.317. The molecule has 0 unspecified atom stereocenters. The summed E-state index contributed by atoms with van der Waals surface area (Å²) in [7, 11) is 0. The Balaban J connectivity index is 1.35. The standard InChI is InChI=1S/C26H26ClF3N6O3/c27-18-7-8-20(31-16-18)34-11-13-36(14-12-34)25(38)17-5-4-6-19(15-17)39-24-22(35-9-2-1-3-10-35)21(26(28,29)30)23(37)32-33-24/h4-8,15-16H,1-3,9-14H2,(H,32,37).